The van der Waals surface area contributed by atoms with Crippen molar-refractivity contribution in [3.05, 3.63) is 10.7 Å². The smallest absolute Gasteiger partial charge is 0.232 e. The third-order valence-corrected chi connectivity index (χ3v) is 5.02. The van der Waals surface area contributed by atoms with Gasteiger partial charge in [0.1, 0.15) is 0 Å². The normalized spacial score (nSPS) is 24.1. The summed E-state index contributed by atoms with van der Waals surface area (Å²) in [5, 5.41) is 0. The molecule has 3 rings (SSSR count). The third-order valence-electron chi connectivity index (χ3n) is 4.48. The summed E-state index contributed by atoms with van der Waals surface area (Å²) >= 11 is 3.42. The molecule has 1 aromatic rings. The molecule has 0 aliphatic carbocycles. The second kappa shape index (κ2) is 6.92. The Labute approximate surface area is 134 Å². The van der Waals surface area contributed by atoms with Crippen LogP contribution < -0.4 is 9.64 Å². The lowest BCUT2D eigenvalue weighted by atomic mass is 10.1. The zero-order valence-corrected chi connectivity index (χ0v) is 14.2. The van der Waals surface area contributed by atoms with Crippen molar-refractivity contribution in [2.24, 2.45) is 0 Å². The Balaban J connectivity index is 1.76. The van der Waals surface area contributed by atoms with Gasteiger partial charge in [-0.2, -0.15) is 4.98 Å². The summed E-state index contributed by atoms with van der Waals surface area (Å²) in [5.41, 5.74) is 0. The molecule has 5 nitrogen and oxygen atoms in total. The van der Waals surface area contributed by atoms with E-state index < -0.39 is 0 Å². The van der Waals surface area contributed by atoms with E-state index in [4.69, 9.17) is 4.74 Å². The molecule has 0 aromatic carbocycles. The number of ether oxygens (including phenoxy) is 1. The van der Waals surface area contributed by atoms with Crippen molar-refractivity contribution in [1.82, 2.24) is 14.9 Å². The predicted octanol–water partition coefficient (Wildman–Crippen LogP) is 2.70. The molecular formula is C15H23BrN4O. The van der Waals surface area contributed by atoms with Crippen LogP contribution in [0.4, 0.5) is 5.95 Å². The first-order chi connectivity index (χ1) is 10.3. The molecule has 0 saturated carbocycles. The van der Waals surface area contributed by atoms with E-state index in [2.05, 4.69) is 35.7 Å². The van der Waals surface area contributed by atoms with Crippen molar-refractivity contribution in [2.45, 2.75) is 38.1 Å². The number of likely N-dealkylation sites (tertiary alicyclic amines) is 1. The largest absolute Gasteiger partial charge is 0.480 e. The van der Waals surface area contributed by atoms with Crippen LogP contribution in [0.15, 0.2) is 10.7 Å². The maximum Gasteiger partial charge on any atom is 0.232 e. The molecule has 1 atom stereocenters. The van der Waals surface area contributed by atoms with Crippen molar-refractivity contribution < 1.29 is 4.74 Å². The summed E-state index contributed by atoms with van der Waals surface area (Å²) in [6.07, 6.45) is 8.29. The molecule has 21 heavy (non-hydrogen) atoms. The van der Waals surface area contributed by atoms with Gasteiger partial charge in [0.2, 0.25) is 11.8 Å². The van der Waals surface area contributed by atoms with Gasteiger partial charge in [-0.25, -0.2) is 4.98 Å². The first kappa shape index (κ1) is 15.0. The van der Waals surface area contributed by atoms with Crippen molar-refractivity contribution in [1.29, 1.82) is 0 Å². The minimum absolute atomic E-state index is 0.613. The molecule has 116 valence electrons. The van der Waals surface area contributed by atoms with E-state index in [1.54, 1.807) is 13.3 Å². The van der Waals surface area contributed by atoms with Gasteiger partial charge < -0.3 is 9.64 Å². The predicted molar refractivity (Wildman–Crippen MR) is 86.9 cm³/mol. The Bertz CT molecular complexity index is 479. The Morgan fingerprint density at radius 2 is 1.95 bits per heavy atom. The molecular weight excluding hydrogens is 332 g/mol. The van der Waals surface area contributed by atoms with Gasteiger partial charge in [0, 0.05) is 19.1 Å². The summed E-state index contributed by atoms with van der Waals surface area (Å²) in [6, 6.07) is 0.647. The fourth-order valence-corrected chi connectivity index (χ4v) is 3.70. The van der Waals surface area contributed by atoms with E-state index in [9.17, 15) is 0 Å². The molecule has 0 bridgehead atoms. The van der Waals surface area contributed by atoms with E-state index in [-0.39, 0.29) is 0 Å². The fourth-order valence-electron chi connectivity index (χ4n) is 3.34. The van der Waals surface area contributed by atoms with Gasteiger partial charge in [-0.15, -0.1) is 0 Å². The van der Waals surface area contributed by atoms with E-state index >= 15 is 0 Å². The molecule has 2 aliphatic heterocycles. The van der Waals surface area contributed by atoms with Crippen LogP contribution in [0.2, 0.25) is 0 Å². The molecule has 1 aromatic heterocycles. The van der Waals surface area contributed by atoms with Crippen LogP contribution in [0.1, 0.15) is 32.1 Å². The number of rotatable bonds is 3. The van der Waals surface area contributed by atoms with E-state index in [0.29, 0.717) is 11.9 Å². The molecule has 0 spiro atoms. The number of anilines is 1. The first-order valence-electron chi connectivity index (χ1n) is 7.83. The zero-order valence-electron chi connectivity index (χ0n) is 12.6. The maximum atomic E-state index is 5.30. The zero-order chi connectivity index (χ0) is 14.7. The van der Waals surface area contributed by atoms with E-state index in [1.165, 1.54) is 45.2 Å². The minimum Gasteiger partial charge on any atom is -0.480 e. The summed E-state index contributed by atoms with van der Waals surface area (Å²) < 4.78 is 6.10. The highest BCUT2D eigenvalue weighted by Gasteiger charge is 2.27. The van der Waals surface area contributed by atoms with Crippen LogP contribution in [-0.2, 0) is 0 Å². The Kier molecular flexibility index (Phi) is 4.95. The van der Waals surface area contributed by atoms with Crippen LogP contribution in [-0.4, -0.2) is 54.2 Å². The monoisotopic (exact) mass is 354 g/mol. The Morgan fingerprint density at radius 3 is 2.71 bits per heavy atom. The van der Waals surface area contributed by atoms with Gasteiger partial charge in [-0.3, -0.25) is 4.90 Å². The maximum absolute atomic E-state index is 5.30. The molecule has 2 aliphatic rings. The van der Waals surface area contributed by atoms with Crippen LogP contribution in [0, 0.1) is 0 Å². The van der Waals surface area contributed by atoms with Crippen molar-refractivity contribution >= 4 is 21.9 Å². The van der Waals surface area contributed by atoms with E-state index in [0.717, 1.165) is 23.5 Å². The third kappa shape index (κ3) is 3.48. The highest BCUT2D eigenvalue weighted by atomic mass is 79.9. The molecule has 0 radical (unpaired) electrons. The van der Waals surface area contributed by atoms with Crippen molar-refractivity contribution in [3.8, 4) is 5.88 Å². The summed E-state index contributed by atoms with van der Waals surface area (Å²) in [7, 11) is 1.65. The lowest BCUT2D eigenvalue weighted by molar-refractivity contribution is 0.236. The number of nitrogens with zero attached hydrogens (tertiary/aromatic N) is 4. The van der Waals surface area contributed by atoms with E-state index in [1.807, 2.05) is 0 Å². The Hall–Kier alpha value is -0.880. The standard InChI is InChI=1S/C15H23BrN4O/c1-21-14-13(16)10-17-15(18-14)20-9-3-2-6-12(11-20)19-7-4-5-8-19/h10,12H,2-9,11H2,1H3. The summed E-state index contributed by atoms with van der Waals surface area (Å²) in [4.78, 5) is 14.0. The second-order valence-corrected chi connectivity index (χ2v) is 6.72. The molecule has 0 N–H and O–H groups in total. The second-order valence-electron chi connectivity index (χ2n) is 5.87. The molecule has 3 heterocycles. The van der Waals surface area contributed by atoms with Gasteiger partial charge in [0.05, 0.1) is 17.8 Å². The molecule has 6 heteroatoms. The highest BCUT2D eigenvalue weighted by Crippen LogP contribution is 2.26. The van der Waals surface area contributed by atoms with Gasteiger partial charge >= 0.3 is 0 Å². The molecule has 0 amide bonds. The lowest BCUT2D eigenvalue weighted by Gasteiger charge is -2.30. The topological polar surface area (TPSA) is 41.5 Å². The van der Waals surface area contributed by atoms with Crippen LogP contribution >= 0.6 is 15.9 Å². The number of hydrogen-bond acceptors (Lipinski definition) is 5. The van der Waals surface area contributed by atoms with Crippen LogP contribution in [0.25, 0.3) is 0 Å². The molecule has 1 unspecified atom stereocenters. The SMILES string of the molecule is COc1nc(N2CCCCC(N3CCCC3)C2)ncc1Br. The van der Waals surface area contributed by atoms with Gasteiger partial charge in [0.25, 0.3) is 0 Å². The van der Waals surface area contributed by atoms with Crippen LogP contribution in [0.5, 0.6) is 5.88 Å². The average Bonchev–Trinajstić information content (AvgIpc) is 2.93. The van der Waals surface area contributed by atoms with Crippen molar-refractivity contribution in [3.63, 3.8) is 0 Å². The number of methoxy groups -OCH3 is 1. The lowest BCUT2D eigenvalue weighted by Crippen LogP contribution is -2.42. The fraction of sp³-hybridized carbons (Fsp3) is 0.733. The number of halogens is 1. The minimum atomic E-state index is 0.613. The first-order valence-corrected chi connectivity index (χ1v) is 8.63. The number of aromatic nitrogens is 2. The molecule has 2 saturated heterocycles. The number of hydrogen-bond donors (Lipinski definition) is 0. The van der Waals surface area contributed by atoms with Gasteiger partial charge in [-0.05, 0) is 54.7 Å². The highest BCUT2D eigenvalue weighted by molar-refractivity contribution is 9.10. The van der Waals surface area contributed by atoms with Crippen molar-refractivity contribution in [2.75, 3.05) is 38.2 Å². The van der Waals surface area contributed by atoms with Gasteiger partial charge in [0.15, 0.2) is 0 Å². The Morgan fingerprint density at radius 1 is 1.19 bits per heavy atom. The summed E-state index contributed by atoms with van der Waals surface area (Å²) in [6.45, 7) is 4.58. The molecule has 2 fully saturated rings. The van der Waals surface area contributed by atoms with Crippen LogP contribution in [0.3, 0.4) is 0 Å². The van der Waals surface area contributed by atoms with Gasteiger partial charge in [-0.1, -0.05) is 6.42 Å². The average molecular weight is 355 g/mol. The summed E-state index contributed by atoms with van der Waals surface area (Å²) in [5.74, 6) is 1.41. The quantitative estimate of drug-likeness (QED) is 0.834.